The lowest BCUT2D eigenvalue weighted by Crippen LogP contribution is -2.78. The third kappa shape index (κ3) is 6.87. The van der Waals surface area contributed by atoms with Crippen molar-refractivity contribution in [1.82, 2.24) is 5.32 Å². The molecule has 0 spiro atoms. The topological polar surface area (TPSA) is 195 Å². The van der Waals surface area contributed by atoms with Crippen molar-refractivity contribution in [2.75, 3.05) is 6.61 Å². The first-order chi connectivity index (χ1) is 27.9. The molecule has 3 fully saturated rings. The van der Waals surface area contributed by atoms with E-state index in [4.69, 9.17) is 18.9 Å². The lowest BCUT2D eigenvalue weighted by molar-refractivity contribution is -0.313. The number of aliphatic hydroxyl groups excluding tert-OH is 2. The summed E-state index contributed by atoms with van der Waals surface area (Å²) in [5.74, 6) is -5.13. The molecule has 11 atom stereocenters. The largest absolute Gasteiger partial charge is 0.456 e. The summed E-state index contributed by atoms with van der Waals surface area (Å²) in [5, 5.41) is 40.0. The number of Topliss-reactive ketones (excluding diaryl/α,β-unsaturated/α-hetero) is 1. The molecule has 1 saturated heterocycles. The SMILES string of the molecule is CC(=O)O[C@H]1C(=O)[C@@]2(C)C([C@H](OC(=O)c3ccccc3)[C@]3(O)C[C@H](OC(=O)[C@H](O)[C@@H](NC(=O)c4ccccc4)c4ccccc4)C(C)=C1C3(C)C)[C@]1(C)CO[C@@H]1C[C@@H]2O. The second-order valence-electron chi connectivity index (χ2n) is 17.3. The number of hydrogen-bond acceptors (Lipinski definition) is 12. The van der Waals surface area contributed by atoms with Crippen LogP contribution in [0.15, 0.2) is 102 Å². The highest BCUT2D eigenvalue weighted by atomic mass is 16.6. The average molecular weight is 810 g/mol. The zero-order valence-corrected chi connectivity index (χ0v) is 33.9. The number of benzene rings is 3. The van der Waals surface area contributed by atoms with E-state index in [-0.39, 0.29) is 35.3 Å². The van der Waals surface area contributed by atoms with Crippen LogP contribution in [-0.4, -0.2) is 93.7 Å². The van der Waals surface area contributed by atoms with Gasteiger partial charge in [-0.25, -0.2) is 9.59 Å². The van der Waals surface area contributed by atoms with Crippen LogP contribution in [0.1, 0.15) is 86.7 Å². The van der Waals surface area contributed by atoms with Crippen LogP contribution in [0.3, 0.4) is 0 Å². The molecule has 3 aliphatic carbocycles. The van der Waals surface area contributed by atoms with Crippen molar-refractivity contribution in [2.24, 2.45) is 22.2 Å². The second-order valence-corrected chi connectivity index (χ2v) is 17.3. The number of amides is 1. The van der Waals surface area contributed by atoms with E-state index in [0.717, 1.165) is 6.92 Å². The van der Waals surface area contributed by atoms with Crippen molar-refractivity contribution in [1.29, 1.82) is 0 Å². The highest BCUT2D eigenvalue weighted by Gasteiger charge is 2.75. The van der Waals surface area contributed by atoms with E-state index < -0.39 is 106 Å². The first-order valence-electron chi connectivity index (χ1n) is 19.9. The Kier molecular flexibility index (Phi) is 11.0. The molecule has 4 aliphatic rings. The van der Waals surface area contributed by atoms with Crippen molar-refractivity contribution in [3.05, 3.63) is 119 Å². The molecule has 13 nitrogen and oxygen atoms in total. The fourth-order valence-corrected chi connectivity index (χ4v) is 10.2. The molecule has 1 heterocycles. The van der Waals surface area contributed by atoms with Crippen LogP contribution >= 0.6 is 0 Å². The van der Waals surface area contributed by atoms with E-state index >= 15 is 4.79 Å². The number of rotatable bonds is 9. The Morgan fingerprint density at radius 1 is 0.847 bits per heavy atom. The van der Waals surface area contributed by atoms with Crippen molar-refractivity contribution < 1.29 is 58.2 Å². The normalized spacial score (nSPS) is 33.0. The van der Waals surface area contributed by atoms with E-state index in [1.54, 1.807) is 119 Å². The van der Waals surface area contributed by atoms with Gasteiger partial charge in [-0.3, -0.25) is 14.4 Å². The molecule has 3 aromatic rings. The van der Waals surface area contributed by atoms with Gasteiger partial charge in [-0.05, 0) is 54.8 Å². The van der Waals surface area contributed by atoms with Crippen molar-refractivity contribution in [2.45, 2.75) is 103 Å². The van der Waals surface area contributed by atoms with Crippen LogP contribution in [0.4, 0.5) is 0 Å². The summed E-state index contributed by atoms with van der Waals surface area (Å²) in [5.41, 5.74) is -5.19. The van der Waals surface area contributed by atoms with Gasteiger partial charge in [-0.15, -0.1) is 0 Å². The van der Waals surface area contributed by atoms with Gasteiger partial charge in [0.05, 0.1) is 35.8 Å². The predicted molar refractivity (Wildman–Crippen MR) is 211 cm³/mol. The van der Waals surface area contributed by atoms with Crippen molar-refractivity contribution >= 4 is 29.6 Å². The number of aliphatic hydroxyl groups is 3. The number of hydrogen-bond donors (Lipinski definition) is 4. The highest BCUT2D eigenvalue weighted by molar-refractivity contribution is 5.96. The summed E-state index contributed by atoms with van der Waals surface area (Å²) in [6, 6.07) is 23.5. The second kappa shape index (κ2) is 15.4. The van der Waals surface area contributed by atoms with Gasteiger partial charge in [0.2, 0.25) is 0 Å². The number of esters is 3. The van der Waals surface area contributed by atoms with Crippen LogP contribution in [0.2, 0.25) is 0 Å². The van der Waals surface area contributed by atoms with Gasteiger partial charge in [0.1, 0.15) is 17.8 Å². The van der Waals surface area contributed by atoms with Crippen LogP contribution in [0.5, 0.6) is 0 Å². The maximum absolute atomic E-state index is 15.3. The van der Waals surface area contributed by atoms with Crippen LogP contribution < -0.4 is 5.32 Å². The minimum absolute atomic E-state index is 0.0583. The Labute approximate surface area is 342 Å². The summed E-state index contributed by atoms with van der Waals surface area (Å²) in [4.78, 5) is 70.0. The third-order valence-corrected chi connectivity index (χ3v) is 13.6. The Bertz CT molecular complexity index is 2160. The number of carbonyl (C=O) groups excluding carboxylic acids is 5. The number of fused-ring (bicyclic) bond motifs is 5. The monoisotopic (exact) mass is 809 g/mol. The molecular formula is C46H51NO12. The molecule has 59 heavy (non-hydrogen) atoms. The fourth-order valence-electron chi connectivity index (χ4n) is 10.2. The number of ether oxygens (including phenoxy) is 4. The fraction of sp³-hybridized carbons (Fsp3) is 0.457. The van der Waals surface area contributed by atoms with Gasteiger partial charge < -0.3 is 39.6 Å². The molecule has 1 unspecified atom stereocenters. The standard InChI is InChI=1S/C46H51NO12/c1-25-30(58-42(54)35(50)34(27-16-10-7-11-17-27)47-40(52)28-18-12-8-13-19-28)23-46(55)39(59-41(53)29-20-14-9-15-21-29)37-44(5)24-56-32(44)22-31(49)45(37,6)38(51)36(57-26(2)48)33(25)43(46,3)4/h7-21,30-32,34-37,39,49-50,55H,22-24H2,1-6H3,(H,47,52)/t30-,31-,32+,34-,35+,36+,37?,39-,44+,45+,46+/m0/s1. The minimum Gasteiger partial charge on any atom is -0.456 e. The lowest BCUT2D eigenvalue weighted by atomic mass is 9.42. The zero-order chi connectivity index (χ0) is 42.7. The van der Waals surface area contributed by atoms with E-state index in [0.29, 0.717) is 5.56 Å². The summed E-state index contributed by atoms with van der Waals surface area (Å²) in [7, 11) is 0. The third-order valence-electron chi connectivity index (χ3n) is 13.6. The molecular weight excluding hydrogens is 759 g/mol. The molecule has 312 valence electrons. The van der Waals surface area contributed by atoms with Gasteiger partial charge in [-0.1, -0.05) is 87.5 Å². The molecule has 1 amide bonds. The summed E-state index contributed by atoms with van der Waals surface area (Å²) < 4.78 is 24.4. The van der Waals surface area contributed by atoms with Gasteiger partial charge in [0, 0.05) is 42.1 Å². The smallest absolute Gasteiger partial charge is 0.338 e. The number of nitrogens with one attached hydrogen (secondary N) is 1. The molecule has 1 aliphatic heterocycles. The molecule has 3 aromatic carbocycles. The quantitative estimate of drug-likeness (QED) is 0.135. The van der Waals surface area contributed by atoms with Crippen LogP contribution in [-0.2, 0) is 33.3 Å². The zero-order valence-electron chi connectivity index (χ0n) is 33.9. The van der Waals surface area contributed by atoms with Crippen LogP contribution in [0, 0.1) is 22.2 Å². The van der Waals surface area contributed by atoms with Gasteiger partial charge >= 0.3 is 17.9 Å². The van der Waals surface area contributed by atoms with Crippen LogP contribution in [0.25, 0.3) is 0 Å². The van der Waals surface area contributed by atoms with E-state index in [9.17, 15) is 34.5 Å². The summed E-state index contributed by atoms with van der Waals surface area (Å²) in [6.07, 6.45) is -8.86. The van der Waals surface area contributed by atoms with Gasteiger partial charge in [0.15, 0.2) is 18.0 Å². The first kappa shape index (κ1) is 41.9. The van der Waals surface area contributed by atoms with E-state index in [1.807, 2.05) is 6.92 Å². The van der Waals surface area contributed by atoms with E-state index in [1.165, 1.54) is 0 Å². The molecule has 13 heteroatoms. The Morgan fingerprint density at radius 2 is 1.42 bits per heavy atom. The number of ketones is 1. The summed E-state index contributed by atoms with van der Waals surface area (Å²) >= 11 is 0. The Balaban J connectivity index is 1.36. The van der Waals surface area contributed by atoms with Gasteiger partial charge in [-0.2, -0.15) is 0 Å². The van der Waals surface area contributed by atoms with Gasteiger partial charge in [0.25, 0.3) is 5.91 Å². The van der Waals surface area contributed by atoms with Crippen molar-refractivity contribution in [3.63, 3.8) is 0 Å². The molecule has 0 radical (unpaired) electrons. The molecule has 2 saturated carbocycles. The molecule has 2 bridgehead atoms. The Hall–Kier alpha value is -5.21. The maximum Gasteiger partial charge on any atom is 0.338 e. The Morgan fingerprint density at radius 3 is 1.98 bits per heavy atom. The average Bonchev–Trinajstić information content (AvgIpc) is 3.21. The maximum atomic E-state index is 15.3. The predicted octanol–water partition coefficient (Wildman–Crippen LogP) is 4.44. The molecule has 7 rings (SSSR count). The minimum atomic E-state index is -2.19. The molecule has 0 aromatic heterocycles. The summed E-state index contributed by atoms with van der Waals surface area (Å²) in [6.45, 7) is 9.54. The van der Waals surface area contributed by atoms with E-state index in [2.05, 4.69) is 5.32 Å². The lowest BCUT2D eigenvalue weighted by Gasteiger charge is -2.68. The number of carbonyl (C=O) groups is 5. The van der Waals surface area contributed by atoms with Crippen molar-refractivity contribution in [3.8, 4) is 0 Å². The first-order valence-corrected chi connectivity index (χ1v) is 19.9. The highest BCUT2D eigenvalue weighted by Crippen LogP contribution is 2.66. The molecule has 4 N–H and O–H groups in total.